The summed E-state index contributed by atoms with van der Waals surface area (Å²) in [5.41, 5.74) is 0.471. The van der Waals surface area contributed by atoms with Gasteiger partial charge in [0.25, 0.3) is 5.91 Å². The summed E-state index contributed by atoms with van der Waals surface area (Å²) >= 11 is 6.19. The fourth-order valence-corrected chi connectivity index (χ4v) is 3.40. The zero-order chi connectivity index (χ0) is 15.0. The highest BCUT2D eigenvalue weighted by molar-refractivity contribution is 6.32. The lowest BCUT2D eigenvalue weighted by Crippen LogP contribution is -2.35. The van der Waals surface area contributed by atoms with Crippen LogP contribution in [0.1, 0.15) is 36.0 Å². The number of nitrogens with zero attached hydrogens (tertiary/aromatic N) is 3. The van der Waals surface area contributed by atoms with E-state index in [4.69, 9.17) is 11.6 Å². The molecule has 1 aliphatic heterocycles. The third-order valence-electron chi connectivity index (χ3n) is 4.62. The number of pyridine rings is 1. The van der Waals surface area contributed by atoms with Crippen LogP contribution < -0.4 is 4.90 Å². The molecule has 0 bridgehead atoms. The molecule has 0 unspecified atom stereocenters. The highest BCUT2D eigenvalue weighted by atomic mass is 35.5. The minimum atomic E-state index is -0.105. The van der Waals surface area contributed by atoms with E-state index in [9.17, 15) is 4.79 Å². The molecule has 1 amide bonds. The molecule has 1 saturated carbocycles. The summed E-state index contributed by atoms with van der Waals surface area (Å²) in [6, 6.07) is 3.71. The molecule has 1 aliphatic carbocycles. The van der Waals surface area contributed by atoms with Crippen LogP contribution in [0.3, 0.4) is 0 Å². The average molecular weight is 308 g/mol. The lowest BCUT2D eigenvalue weighted by Gasteiger charge is -2.33. The Morgan fingerprint density at radius 2 is 1.81 bits per heavy atom. The minimum Gasteiger partial charge on any atom is -0.357 e. The van der Waals surface area contributed by atoms with E-state index in [0.29, 0.717) is 10.7 Å². The average Bonchev–Trinajstić information content (AvgIpc) is 3.31. The first-order valence-corrected chi connectivity index (χ1v) is 8.07. The Kier molecular flexibility index (Phi) is 4.07. The maximum atomic E-state index is 12.0. The predicted octanol–water partition coefficient (Wildman–Crippen LogP) is 3.06. The molecule has 21 heavy (non-hydrogen) atoms. The molecule has 1 aromatic heterocycles. The molecule has 0 aromatic carbocycles. The Labute approximate surface area is 131 Å². The molecule has 0 spiro atoms. The van der Waals surface area contributed by atoms with Crippen LogP contribution in [-0.4, -0.2) is 43.0 Å². The maximum Gasteiger partial charge on any atom is 0.256 e. The van der Waals surface area contributed by atoms with Crippen molar-refractivity contribution < 1.29 is 4.79 Å². The molecule has 5 heteroatoms. The maximum absolute atomic E-state index is 12.0. The topological polar surface area (TPSA) is 36.4 Å². The molecule has 1 aromatic rings. The molecule has 2 aliphatic rings. The van der Waals surface area contributed by atoms with Crippen molar-refractivity contribution in [3.63, 3.8) is 0 Å². The third-order valence-corrected chi connectivity index (χ3v) is 4.91. The van der Waals surface area contributed by atoms with Crippen LogP contribution in [-0.2, 0) is 0 Å². The molecule has 0 radical (unpaired) electrons. The number of anilines is 1. The Bertz CT molecular complexity index is 534. The second-order valence-electron chi connectivity index (χ2n) is 6.37. The quantitative estimate of drug-likeness (QED) is 0.805. The normalized spacial score (nSPS) is 19.7. The number of halogens is 1. The van der Waals surface area contributed by atoms with E-state index in [1.807, 2.05) is 6.07 Å². The van der Waals surface area contributed by atoms with Crippen LogP contribution >= 0.6 is 11.6 Å². The number of piperidine rings is 1. The summed E-state index contributed by atoms with van der Waals surface area (Å²) in [5, 5.41) is 0.301. The summed E-state index contributed by atoms with van der Waals surface area (Å²) < 4.78 is 0. The molecule has 114 valence electrons. The van der Waals surface area contributed by atoms with E-state index in [2.05, 4.69) is 9.88 Å². The first-order valence-electron chi connectivity index (χ1n) is 7.69. The molecule has 3 rings (SSSR count). The monoisotopic (exact) mass is 307 g/mol. The van der Waals surface area contributed by atoms with Gasteiger partial charge in [-0.1, -0.05) is 11.6 Å². The van der Waals surface area contributed by atoms with Gasteiger partial charge < -0.3 is 9.80 Å². The second kappa shape index (κ2) is 5.84. The molecular weight excluding hydrogens is 286 g/mol. The lowest BCUT2D eigenvalue weighted by molar-refractivity contribution is 0.0827. The van der Waals surface area contributed by atoms with Crippen LogP contribution in [0.5, 0.6) is 0 Å². The van der Waals surface area contributed by atoms with Gasteiger partial charge in [0.05, 0.1) is 5.56 Å². The Hall–Kier alpha value is -1.29. The number of carbonyl (C=O) groups excluding carboxylic acids is 1. The summed E-state index contributed by atoms with van der Waals surface area (Å²) in [5.74, 6) is 2.69. The molecule has 1 saturated heterocycles. The fraction of sp³-hybridized carbons (Fsp3) is 0.625. The zero-order valence-electron chi connectivity index (χ0n) is 12.7. The van der Waals surface area contributed by atoms with Gasteiger partial charge in [-0.3, -0.25) is 4.79 Å². The zero-order valence-corrected chi connectivity index (χ0v) is 13.4. The number of hydrogen-bond acceptors (Lipinski definition) is 3. The van der Waals surface area contributed by atoms with Crippen LogP contribution in [0.4, 0.5) is 5.82 Å². The Morgan fingerprint density at radius 1 is 1.19 bits per heavy atom. The summed E-state index contributed by atoms with van der Waals surface area (Å²) in [7, 11) is 3.43. The standard InChI is InChI=1S/C16H22ClN3O/c1-19(2)16(21)13-5-6-14(18-15(13)17)20-9-7-12(8-10-20)11-3-4-11/h5-6,11-12H,3-4,7-10H2,1-2H3. The molecule has 4 nitrogen and oxygen atoms in total. The fourth-order valence-electron chi connectivity index (χ4n) is 3.17. The molecule has 0 atom stereocenters. The third kappa shape index (κ3) is 3.15. The number of carbonyl (C=O) groups is 1. The number of aromatic nitrogens is 1. The van der Waals surface area contributed by atoms with Crippen molar-refractivity contribution in [2.45, 2.75) is 25.7 Å². The number of rotatable bonds is 3. The molecular formula is C16H22ClN3O. The molecule has 2 fully saturated rings. The van der Waals surface area contributed by atoms with E-state index in [0.717, 1.165) is 30.7 Å². The van der Waals surface area contributed by atoms with Crippen LogP contribution in [0, 0.1) is 11.8 Å². The van der Waals surface area contributed by atoms with E-state index >= 15 is 0 Å². The van der Waals surface area contributed by atoms with Crippen LogP contribution in [0.25, 0.3) is 0 Å². The number of hydrogen-bond donors (Lipinski definition) is 0. The van der Waals surface area contributed by atoms with Crippen molar-refractivity contribution in [3.05, 3.63) is 22.8 Å². The largest absolute Gasteiger partial charge is 0.357 e. The highest BCUT2D eigenvalue weighted by Crippen LogP contribution is 2.42. The van der Waals surface area contributed by atoms with Crippen molar-refractivity contribution in [3.8, 4) is 0 Å². The van der Waals surface area contributed by atoms with Gasteiger partial charge in [-0.05, 0) is 49.7 Å². The minimum absolute atomic E-state index is 0.105. The van der Waals surface area contributed by atoms with E-state index in [1.54, 1.807) is 20.2 Å². The van der Waals surface area contributed by atoms with Crippen LogP contribution in [0.2, 0.25) is 5.15 Å². The van der Waals surface area contributed by atoms with Gasteiger partial charge in [-0.2, -0.15) is 0 Å². The smallest absolute Gasteiger partial charge is 0.256 e. The van der Waals surface area contributed by atoms with Gasteiger partial charge in [0, 0.05) is 27.2 Å². The van der Waals surface area contributed by atoms with E-state index in [1.165, 1.54) is 30.6 Å². The highest BCUT2D eigenvalue weighted by Gasteiger charge is 2.33. The lowest BCUT2D eigenvalue weighted by atomic mass is 9.92. The Balaban J connectivity index is 1.69. The second-order valence-corrected chi connectivity index (χ2v) is 6.73. The summed E-state index contributed by atoms with van der Waals surface area (Å²) in [4.78, 5) is 20.2. The van der Waals surface area contributed by atoms with Crippen molar-refractivity contribution in [1.29, 1.82) is 0 Å². The summed E-state index contributed by atoms with van der Waals surface area (Å²) in [6.07, 6.45) is 5.36. The first kappa shape index (κ1) is 14.6. The first-order chi connectivity index (χ1) is 10.1. The Morgan fingerprint density at radius 3 is 2.33 bits per heavy atom. The van der Waals surface area contributed by atoms with E-state index < -0.39 is 0 Å². The van der Waals surface area contributed by atoms with Gasteiger partial charge in [0.15, 0.2) is 0 Å². The number of amides is 1. The van der Waals surface area contributed by atoms with Gasteiger partial charge >= 0.3 is 0 Å². The predicted molar refractivity (Wildman–Crippen MR) is 84.9 cm³/mol. The van der Waals surface area contributed by atoms with Gasteiger partial charge in [-0.15, -0.1) is 0 Å². The van der Waals surface area contributed by atoms with Crippen molar-refractivity contribution in [2.75, 3.05) is 32.1 Å². The van der Waals surface area contributed by atoms with Crippen molar-refractivity contribution >= 4 is 23.3 Å². The van der Waals surface area contributed by atoms with Crippen molar-refractivity contribution in [2.24, 2.45) is 11.8 Å². The van der Waals surface area contributed by atoms with Crippen molar-refractivity contribution in [1.82, 2.24) is 9.88 Å². The van der Waals surface area contributed by atoms with E-state index in [-0.39, 0.29) is 5.91 Å². The molecule has 2 heterocycles. The SMILES string of the molecule is CN(C)C(=O)c1ccc(N2CCC(C3CC3)CC2)nc1Cl. The molecule has 0 N–H and O–H groups in total. The van der Waals surface area contributed by atoms with Gasteiger partial charge in [-0.25, -0.2) is 4.98 Å². The summed E-state index contributed by atoms with van der Waals surface area (Å²) in [6.45, 7) is 2.09. The van der Waals surface area contributed by atoms with Gasteiger partial charge in [0.2, 0.25) is 0 Å². The van der Waals surface area contributed by atoms with Gasteiger partial charge in [0.1, 0.15) is 11.0 Å². The van der Waals surface area contributed by atoms with Crippen LogP contribution in [0.15, 0.2) is 12.1 Å².